The summed E-state index contributed by atoms with van der Waals surface area (Å²) in [6.07, 6.45) is 0.398. The molecule has 0 spiro atoms. The van der Waals surface area contributed by atoms with Gasteiger partial charge < -0.3 is 20.1 Å². The van der Waals surface area contributed by atoms with Crippen LogP contribution in [-0.4, -0.2) is 41.6 Å². The van der Waals surface area contributed by atoms with E-state index in [1.807, 2.05) is 42.5 Å². The Kier molecular flexibility index (Phi) is 7.85. The number of nitrogens with zero attached hydrogens (tertiary/aromatic N) is 4. The smallest absolute Gasteiger partial charge is 0.246 e. The van der Waals surface area contributed by atoms with Gasteiger partial charge in [-0.15, -0.1) is 24.0 Å². The predicted molar refractivity (Wildman–Crippen MR) is 131 cm³/mol. The summed E-state index contributed by atoms with van der Waals surface area (Å²) in [6, 6.07) is 16.9. The minimum absolute atomic E-state index is 0. The van der Waals surface area contributed by atoms with Crippen LogP contribution in [0.25, 0.3) is 11.4 Å². The van der Waals surface area contributed by atoms with Crippen LogP contribution in [-0.2, 0) is 11.3 Å². The molecule has 2 heterocycles. The summed E-state index contributed by atoms with van der Waals surface area (Å²) in [7, 11) is 1.67. The number of aliphatic imine (C=N–C) groups is 1. The number of guanidine groups is 1. The van der Waals surface area contributed by atoms with Gasteiger partial charge in [-0.2, -0.15) is 4.98 Å². The van der Waals surface area contributed by atoms with Gasteiger partial charge in [-0.25, -0.2) is 0 Å². The van der Waals surface area contributed by atoms with Gasteiger partial charge in [0.2, 0.25) is 17.6 Å². The van der Waals surface area contributed by atoms with Crippen LogP contribution in [0, 0.1) is 0 Å². The Hall–Kier alpha value is -2.66. The van der Waals surface area contributed by atoms with E-state index in [0.717, 1.165) is 11.3 Å². The molecule has 2 N–H and O–H groups in total. The number of amides is 1. The van der Waals surface area contributed by atoms with Crippen molar-refractivity contribution in [2.24, 2.45) is 4.99 Å². The monoisotopic (exact) mass is 552 g/mol. The molecule has 1 aliphatic rings. The van der Waals surface area contributed by atoms with E-state index < -0.39 is 0 Å². The number of carbonyl (C=O) groups excluding carboxylic acids is 1. The van der Waals surface area contributed by atoms with Crippen LogP contribution in [0.5, 0.6) is 0 Å². The maximum Gasteiger partial charge on any atom is 0.246 e. The lowest BCUT2D eigenvalue weighted by Gasteiger charge is -2.18. The first-order valence-electron chi connectivity index (χ1n) is 9.53. The molecule has 3 aromatic rings. The average Bonchev–Trinajstić information content (AvgIpc) is 3.38. The van der Waals surface area contributed by atoms with Crippen molar-refractivity contribution in [3.63, 3.8) is 0 Å². The van der Waals surface area contributed by atoms with E-state index in [1.54, 1.807) is 24.1 Å². The third-order valence-electron chi connectivity index (χ3n) is 4.72. The second-order valence-electron chi connectivity index (χ2n) is 6.83. The van der Waals surface area contributed by atoms with Crippen LogP contribution in [0.3, 0.4) is 0 Å². The first kappa shape index (κ1) is 23.0. The van der Waals surface area contributed by atoms with Gasteiger partial charge in [-0.1, -0.05) is 47.1 Å². The number of anilines is 1. The molecule has 0 saturated carbocycles. The third-order valence-corrected chi connectivity index (χ3v) is 4.95. The standard InChI is InChI=1S/C21H21ClN6O2.HI/c1-23-21(25-16-11-19(29)28(13-16)17-8-3-2-4-9-17)24-12-18-26-20(27-30-18)14-6-5-7-15(22)10-14;/h2-10,16H,11-13H2,1H3,(H2,23,24,25);1H. The Bertz CT molecular complexity index is 1060. The van der Waals surface area contributed by atoms with Gasteiger partial charge in [-0.3, -0.25) is 9.79 Å². The second-order valence-corrected chi connectivity index (χ2v) is 7.27. The van der Waals surface area contributed by atoms with Crippen LogP contribution in [0.4, 0.5) is 5.69 Å². The maximum absolute atomic E-state index is 12.4. The molecule has 1 atom stereocenters. The molecule has 0 radical (unpaired) electrons. The molecule has 1 unspecified atom stereocenters. The van der Waals surface area contributed by atoms with E-state index in [9.17, 15) is 4.79 Å². The molecule has 1 fully saturated rings. The van der Waals surface area contributed by atoms with Crippen molar-refractivity contribution in [2.75, 3.05) is 18.5 Å². The summed E-state index contributed by atoms with van der Waals surface area (Å²) in [5.41, 5.74) is 1.68. The molecule has 162 valence electrons. The topological polar surface area (TPSA) is 95.6 Å². The highest BCUT2D eigenvalue weighted by Gasteiger charge is 2.31. The molecule has 1 aromatic heterocycles. The highest BCUT2D eigenvalue weighted by molar-refractivity contribution is 14.0. The van der Waals surface area contributed by atoms with E-state index in [0.29, 0.717) is 42.2 Å². The molecular formula is C21H22ClIN6O2. The van der Waals surface area contributed by atoms with Crippen molar-refractivity contribution in [1.82, 2.24) is 20.8 Å². The molecule has 31 heavy (non-hydrogen) atoms. The summed E-state index contributed by atoms with van der Waals surface area (Å²) in [6.45, 7) is 0.874. The molecule has 8 nitrogen and oxygen atoms in total. The van der Waals surface area contributed by atoms with Crippen molar-refractivity contribution < 1.29 is 9.32 Å². The van der Waals surface area contributed by atoms with Gasteiger partial charge in [0.25, 0.3) is 0 Å². The molecule has 0 bridgehead atoms. The maximum atomic E-state index is 12.4. The van der Waals surface area contributed by atoms with Crippen molar-refractivity contribution in [3.05, 3.63) is 65.5 Å². The van der Waals surface area contributed by atoms with E-state index in [4.69, 9.17) is 16.1 Å². The molecule has 1 aliphatic heterocycles. The minimum Gasteiger partial charge on any atom is -0.351 e. The first-order chi connectivity index (χ1) is 14.6. The normalized spacial score (nSPS) is 16.2. The lowest BCUT2D eigenvalue weighted by Crippen LogP contribution is -2.44. The summed E-state index contributed by atoms with van der Waals surface area (Å²) in [5.74, 6) is 1.53. The number of halogens is 2. The lowest BCUT2D eigenvalue weighted by atomic mass is 10.2. The van der Waals surface area contributed by atoms with Gasteiger partial charge in [0.05, 0.1) is 12.6 Å². The highest BCUT2D eigenvalue weighted by atomic mass is 127. The number of aromatic nitrogens is 2. The number of rotatable bonds is 5. The lowest BCUT2D eigenvalue weighted by molar-refractivity contribution is -0.117. The zero-order valence-electron chi connectivity index (χ0n) is 16.8. The molecule has 1 saturated heterocycles. The van der Waals surface area contributed by atoms with Gasteiger partial charge in [0.1, 0.15) is 0 Å². The highest BCUT2D eigenvalue weighted by Crippen LogP contribution is 2.21. The quantitative estimate of drug-likeness (QED) is 0.286. The number of para-hydroxylation sites is 1. The number of hydrogen-bond acceptors (Lipinski definition) is 5. The molecule has 0 aliphatic carbocycles. The Morgan fingerprint density at radius 2 is 2.06 bits per heavy atom. The van der Waals surface area contributed by atoms with Crippen molar-refractivity contribution >= 4 is 53.1 Å². The number of hydrogen-bond donors (Lipinski definition) is 2. The SMILES string of the molecule is CN=C(NCc1nc(-c2cccc(Cl)c2)no1)NC1CC(=O)N(c2ccccc2)C1.I. The fourth-order valence-corrected chi connectivity index (χ4v) is 3.47. The summed E-state index contributed by atoms with van der Waals surface area (Å²) in [5, 5.41) is 11.0. The zero-order chi connectivity index (χ0) is 20.9. The van der Waals surface area contributed by atoms with Crippen LogP contribution in [0.2, 0.25) is 5.02 Å². The summed E-state index contributed by atoms with van der Waals surface area (Å²) >= 11 is 6.01. The van der Waals surface area contributed by atoms with Crippen LogP contribution >= 0.6 is 35.6 Å². The van der Waals surface area contributed by atoms with Gasteiger partial charge >= 0.3 is 0 Å². The van der Waals surface area contributed by atoms with E-state index in [1.165, 1.54) is 0 Å². The number of benzene rings is 2. The van der Waals surface area contributed by atoms with Crippen LogP contribution < -0.4 is 15.5 Å². The van der Waals surface area contributed by atoms with E-state index in [2.05, 4.69) is 25.8 Å². The Balaban J connectivity index is 0.00000272. The Morgan fingerprint density at radius 1 is 1.26 bits per heavy atom. The fraction of sp³-hybridized carbons (Fsp3) is 0.238. The third kappa shape index (κ3) is 5.73. The summed E-state index contributed by atoms with van der Waals surface area (Å²) in [4.78, 5) is 22.8. The van der Waals surface area contributed by atoms with Crippen molar-refractivity contribution in [3.8, 4) is 11.4 Å². The first-order valence-corrected chi connectivity index (χ1v) is 9.91. The molecule has 10 heteroatoms. The second kappa shape index (κ2) is 10.6. The number of nitrogens with one attached hydrogen (secondary N) is 2. The molecule has 2 aromatic carbocycles. The van der Waals surface area contributed by atoms with Crippen molar-refractivity contribution in [1.29, 1.82) is 0 Å². The zero-order valence-corrected chi connectivity index (χ0v) is 19.9. The van der Waals surface area contributed by atoms with E-state index >= 15 is 0 Å². The van der Waals surface area contributed by atoms with Gasteiger partial charge in [-0.05, 0) is 24.3 Å². The van der Waals surface area contributed by atoms with Crippen molar-refractivity contribution in [2.45, 2.75) is 19.0 Å². The fourth-order valence-electron chi connectivity index (χ4n) is 3.28. The number of carbonyl (C=O) groups is 1. The predicted octanol–water partition coefficient (Wildman–Crippen LogP) is 3.48. The van der Waals surface area contributed by atoms with Gasteiger partial charge in [0.15, 0.2) is 5.96 Å². The summed E-state index contributed by atoms with van der Waals surface area (Å²) < 4.78 is 5.30. The molecule has 1 amide bonds. The largest absolute Gasteiger partial charge is 0.351 e. The Labute approximate surface area is 202 Å². The molecular weight excluding hydrogens is 531 g/mol. The molecule has 4 rings (SSSR count). The minimum atomic E-state index is -0.0476. The van der Waals surface area contributed by atoms with E-state index in [-0.39, 0.29) is 35.9 Å². The Morgan fingerprint density at radius 3 is 2.81 bits per heavy atom. The van der Waals surface area contributed by atoms with Crippen LogP contribution in [0.1, 0.15) is 12.3 Å². The van der Waals surface area contributed by atoms with Gasteiger partial charge in [0, 0.05) is 36.3 Å². The van der Waals surface area contributed by atoms with Crippen LogP contribution in [0.15, 0.2) is 64.1 Å². The average molecular weight is 553 g/mol.